The third-order valence-corrected chi connectivity index (χ3v) is 3.12. The highest BCUT2D eigenvalue weighted by atomic mass is 35.5. The second-order valence-corrected chi connectivity index (χ2v) is 4.83. The molecule has 1 aromatic carbocycles. The normalized spacial score (nSPS) is 10.5. The molecule has 0 bridgehead atoms. The Labute approximate surface area is 126 Å². The van der Waals surface area contributed by atoms with E-state index in [-0.39, 0.29) is 12.5 Å². The number of aromatic nitrogens is 4. The number of benzene rings is 1. The number of carbonyl (C=O) groups is 1. The van der Waals surface area contributed by atoms with Crippen molar-refractivity contribution in [3.05, 3.63) is 60.4 Å². The average molecular weight is 302 g/mol. The number of hydrogen-bond donors (Lipinski definition) is 1. The van der Waals surface area contributed by atoms with E-state index in [2.05, 4.69) is 15.4 Å². The minimum atomic E-state index is -0.184. The van der Waals surface area contributed by atoms with Gasteiger partial charge < -0.3 is 9.88 Å². The van der Waals surface area contributed by atoms with Crippen molar-refractivity contribution in [3.8, 4) is 5.69 Å². The van der Waals surface area contributed by atoms with Gasteiger partial charge in [-0.05, 0) is 30.3 Å². The van der Waals surface area contributed by atoms with Crippen LogP contribution in [0.1, 0.15) is 0 Å². The van der Waals surface area contributed by atoms with Crippen molar-refractivity contribution in [3.63, 3.8) is 0 Å². The molecule has 2 heterocycles. The molecule has 1 amide bonds. The number of nitrogens with zero attached hydrogens (tertiary/aromatic N) is 4. The number of carbonyl (C=O) groups excluding carboxylic acids is 1. The van der Waals surface area contributed by atoms with Crippen molar-refractivity contribution >= 4 is 23.2 Å². The highest BCUT2D eigenvalue weighted by molar-refractivity contribution is 6.30. The van der Waals surface area contributed by atoms with E-state index in [1.54, 1.807) is 18.2 Å². The first-order valence-electron chi connectivity index (χ1n) is 6.27. The summed E-state index contributed by atoms with van der Waals surface area (Å²) in [7, 11) is 0. The average Bonchev–Trinajstić information content (AvgIpc) is 3.13. The van der Waals surface area contributed by atoms with E-state index < -0.39 is 0 Å². The van der Waals surface area contributed by atoms with E-state index in [1.165, 1.54) is 17.3 Å². The number of halogens is 1. The Morgan fingerprint density at radius 1 is 1.29 bits per heavy atom. The Bertz CT molecular complexity index is 737. The second kappa shape index (κ2) is 5.80. The topological polar surface area (TPSA) is 64.7 Å². The first kappa shape index (κ1) is 13.4. The lowest BCUT2D eigenvalue weighted by molar-refractivity contribution is -0.116. The largest absolute Gasteiger partial charge is 0.323 e. The van der Waals surface area contributed by atoms with Crippen molar-refractivity contribution in [1.82, 2.24) is 19.3 Å². The van der Waals surface area contributed by atoms with Gasteiger partial charge in [-0.2, -0.15) is 5.10 Å². The van der Waals surface area contributed by atoms with Crippen LogP contribution in [0, 0.1) is 0 Å². The fourth-order valence-electron chi connectivity index (χ4n) is 1.97. The number of nitrogens with one attached hydrogen (secondary N) is 1. The Morgan fingerprint density at radius 3 is 2.81 bits per heavy atom. The maximum Gasteiger partial charge on any atom is 0.246 e. The standard InChI is InChI=1S/C14H12ClN5O/c15-11-3-4-12(13(7-11)19-5-1-2-6-19)18-14(21)8-20-10-16-9-17-20/h1-7,9-10H,8H2,(H,18,21). The van der Waals surface area contributed by atoms with Gasteiger partial charge >= 0.3 is 0 Å². The number of rotatable bonds is 4. The minimum absolute atomic E-state index is 0.105. The van der Waals surface area contributed by atoms with Crippen LogP contribution < -0.4 is 5.32 Å². The van der Waals surface area contributed by atoms with Crippen LogP contribution >= 0.6 is 11.6 Å². The Kier molecular flexibility index (Phi) is 3.70. The summed E-state index contributed by atoms with van der Waals surface area (Å²) in [5.41, 5.74) is 1.49. The molecule has 0 unspecified atom stereocenters. The van der Waals surface area contributed by atoms with Gasteiger partial charge in [0.15, 0.2) is 0 Å². The van der Waals surface area contributed by atoms with Crippen LogP contribution in [0.25, 0.3) is 5.69 Å². The summed E-state index contributed by atoms with van der Waals surface area (Å²) in [6.07, 6.45) is 6.66. The van der Waals surface area contributed by atoms with Crippen LogP contribution in [0.5, 0.6) is 0 Å². The Hall–Kier alpha value is -2.60. The first-order chi connectivity index (χ1) is 10.2. The maximum atomic E-state index is 12.0. The summed E-state index contributed by atoms with van der Waals surface area (Å²) < 4.78 is 3.34. The first-order valence-corrected chi connectivity index (χ1v) is 6.65. The van der Waals surface area contributed by atoms with Gasteiger partial charge in [-0.1, -0.05) is 11.6 Å². The van der Waals surface area contributed by atoms with E-state index in [0.29, 0.717) is 10.7 Å². The molecule has 1 N–H and O–H groups in total. The molecule has 21 heavy (non-hydrogen) atoms. The van der Waals surface area contributed by atoms with Crippen LogP contribution in [0.2, 0.25) is 5.02 Å². The van der Waals surface area contributed by atoms with Gasteiger partial charge in [0.2, 0.25) is 5.91 Å². The van der Waals surface area contributed by atoms with Crippen LogP contribution in [0.4, 0.5) is 5.69 Å². The number of amides is 1. The molecule has 0 fully saturated rings. The molecule has 0 atom stereocenters. The van der Waals surface area contributed by atoms with Gasteiger partial charge in [0, 0.05) is 17.4 Å². The fourth-order valence-corrected chi connectivity index (χ4v) is 2.14. The van der Waals surface area contributed by atoms with Gasteiger partial charge in [-0.15, -0.1) is 0 Å². The van der Waals surface area contributed by atoms with Crippen molar-refractivity contribution in [2.45, 2.75) is 6.54 Å². The summed E-state index contributed by atoms with van der Waals surface area (Å²) >= 11 is 6.04. The molecule has 6 nitrogen and oxygen atoms in total. The number of anilines is 1. The van der Waals surface area contributed by atoms with Crippen molar-refractivity contribution in [1.29, 1.82) is 0 Å². The summed E-state index contributed by atoms with van der Waals surface area (Å²) in [6.45, 7) is 0.105. The zero-order valence-corrected chi connectivity index (χ0v) is 11.7. The quantitative estimate of drug-likeness (QED) is 0.804. The summed E-state index contributed by atoms with van der Waals surface area (Å²) in [5, 5.41) is 7.36. The number of hydrogen-bond acceptors (Lipinski definition) is 3. The van der Waals surface area contributed by atoms with Gasteiger partial charge in [-0.3, -0.25) is 4.79 Å². The molecule has 2 aromatic heterocycles. The van der Waals surface area contributed by atoms with Crippen LogP contribution in [0.15, 0.2) is 55.4 Å². The van der Waals surface area contributed by atoms with Gasteiger partial charge in [-0.25, -0.2) is 9.67 Å². The molecule has 106 valence electrons. The third-order valence-electron chi connectivity index (χ3n) is 2.89. The molecule has 0 spiro atoms. The molecular formula is C14H12ClN5O. The monoisotopic (exact) mass is 301 g/mol. The zero-order valence-electron chi connectivity index (χ0n) is 11.0. The molecule has 0 aliphatic carbocycles. The van der Waals surface area contributed by atoms with E-state index in [9.17, 15) is 4.79 Å². The molecule has 0 aliphatic heterocycles. The molecule has 0 radical (unpaired) electrons. The predicted molar refractivity (Wildman–Crippen MR) is 79.4 cm³/mol. The van der Waals surface area contributed by atoms with E-state index in [4.69, 9.17) is 11.6 Å². The highest BCUT2D eigenvalue weighted by Gasteiger charge is 2.09. The van der Waals surface area contributed by atoms with Crippen LogP contribution in [-0.4, -0.2) is 25.2 Å². The summed E-state index contributed by atoms with van der Waals surface area (Å²) in [4.78, 5) is 15.8. The highest BCUT2D eigenvalue weighted by Crippen LogP contribution is 2.24. The second-order valence-electron chi connectivity index (χ2n) is 4.39. The van der Waals surface area contributed by atoms with Gasteiger partial charge in [0.25, 0.3) is 0 Å². The van der Waals surface area contributed by atoms with E-state index in [0.717, 1.165) is 5.69 Å². The fraction of sp³-hybridized carbons (Fsp3) is 0.0714. The Balaban J connectivity index is 1.83. The third kappa shape index (κ3) is 3.11. The van der Waals surface area contributed by atoms with Gasteiger partial charge in [0.1, 0.15) is 19.2 Å². The molecule has 3 rings (SSSR count). The zero-order chi connectivity index (χ0) is 14.7. The van der Waals surface area contributed by atoms with Crippen LogP contribution in [-0.2, 0) is 11.3 Å². The predicted octanol–water partition coefficient (Wildman–Crippen LogP) is 2.36. The van der Waals surface area contributed by atoms with Crippen LogP contribution in [0.3, 0.4) is 0 Å². The van der Waals surface area contributed by atoms with Crippen molar-refractivity contribution in [2.24, 2.45) is 0 Å². The SMILES string of the molecule is O=C(Cn1cncn1)Nc1ccc(Cl)cc1-n1cccc1. The van der Waals surface area contributed by atoms with E-state index >= 15 is 0 Å². The molecule has 0 aliphatic rings. The summed E-state index contributed by atoms with van der Waals surface area (Å²) in [6, 6.07) is 9.12. The molecule has 0 saturated heterocycles. The lowest BCUT2D eigenvalue weighted by Crippen LogP contribution is -2.20. The maximum absolute atomic E-state index is 12.0. The molecule has 0 saturated carbocycles. The lowest BCUT2D eigenvalue weighted by atomic mass is 10.2. The smallest absolute Gasteiger partial charge is 0.246 e. The minimum Gasteiger partial charge on any atom is -0.323 e. The van der Waals surface area contributed by atoms with Gasteiger partial charge in [0.05, 0.1) is 11.4 Å². The van der Waals surface area contributed by atoms with Crippen molar-refractivity contribution in [2.75, 3.05) is 5.32 Å². The lowest BCUT2D eigenvalue weighted by Gasteiger charge is -2.12. The molecule has 3 aromatic rings. The Morgan fingerprint density at radius 2 is 2.10 bits per heavy atom. The van der Waals surface area contributed by atoms with Crippen molar-refractivity contribution < 1.29 is 4.79 Å². The molecule has 7 heteroatoms. The summed E-state index contributed by atoms with van der Waals surface area (Å²) in [5.74, 6) is -0.184. The molecular weight excluding hydrogens is 290 g/mol. The van der Waals surface area contributed by atoms with E-state index in [1.807, 2.05) is 29.1 Å².